The van der Waals surface area contributed by atoms with E-state index in [4.69, 9.17) is 0 Å². The van der Waals surface area contributed by atoms with Gasteiger partial charge in [-0.2, -0.15) is 0 Å². The lowest BCUT2D eigenvalue weighted by Crippen LogP contribution is -2.50. The van der Waals surface area contributed by atoms with E-state index in [0.29, 0.717) is 19.0 Å². The molecule has 1 heterocycles. The lowest BCUT2D eigenvalue weighted by molar-refractivity contribution is -0.119. The van der Waals surface area contributed by atoms with Crippen LogP contribution in [0.15, 0.2) is 18.2 Å². The van der Waals surface area contributed by atoms with Crippen molar-refractivity contribution < 1.29 is 13.6 Å². The van der Waals surface area contributed by atoms with Crippen LogP contribution in [-0.4, -0.2) is 25.0 Å². The van der Waals surface area contributed by atoms with E-state index in [0.717, 1.165) is 12.5 Å². The molecule has 1 aliphatic rings. The van der Waals surface area contributed by atoms with Crippen molar-refractivity contribution in [3.8, 4) is 0 Å². The van der Waals surface area contributed by atoms with Crippen LogP contribution in [0.3, 0.4) is 0 Å². The number of anilines is 1. The number of carbonyl (C=O) groups is 1. The van der Waals surface area contributed by atoms with Crippen molar-refractivity contribution in [2.45, 2.75) is 26.3 Å². The zero-order valence-corrected chi connectivity index (χ0v) is 11.1. The molecule has 0 bridgehead atoms. The van der Waals surface area contributed by atoms with Crippen LogP contribution >= 0.6 is 0 Å². The second-order valence-electron chi connectivity index (χ2n) is 5.22. The van der Waals surface area contributed by atoms with Crippen LogP contribution in [0.1, 0.15) is 20.3 Å². The van der Waals surface area contributed by atoms with Crippen LogP contribution in [0.5, 0.6) is 0 Å². The van der Waals surface area contributed by atoms with E-state index in [1.165, 1.54) is 13.0 Å². The summed E-state index contributed by atoms with van der Waals surface area (Å²) in [6.45, 7) is 4.67. The molecule has 1 aromatic carbocycles. The first kappa shape index (κ1) is 13.8. The van der Waals surface area contributed by atoms with Crippen LogP contribution in [0, 0.1) is 17.6 Å². The van der Waals surface area contributed by atoms with Crippen molar-refractivity contribution in [2.24, 2.45) is 5.92 Å². The number of halogens is 2. The van der Waals surface area contributed by atoms with Crippen molar-refractivity contribution in [2.75, 3.05) is 18.0 Å². The molecule has 104 valence electrons. The Morgan fingerprint density at radius 3 is 2.79 bits per heavy atom. The van der Waals surface area contributed by atoms with Gasteiger partial charge in [0.05, 0.1) is 5.69 Å². The average Bonchev–Trinajstić information content (AvgIpc) is 2.31. The molecular formula is C14H18F2N2O. The summed E-state index contributed by atoms with van der Waals surface area (Å²) in [6.07, 6.45) is 0.854. The number of rotatable bonds is 2. The van der Waals surface area contributed by atoms with Crippen molar-refractivity contribution in [1.82, 2.24) is 5.32 Å². The fourth-order valence-corrected chi connectivity index (χ4v) is 2.68. The number of benzene rings is 1. The maximum Gasteiger partial charge on any atom is 0.217 e. The zero-order chi connectivity index (χ0) is 14.0. The number of piperidine rings is 1. The molecule has 1 aliphatic heterocycles. The van der Waals surface area contributed by atoms with Crippen LogP contribution in [0.2, 0.25) is 0 Å². The molecule has 19 heavy (non-hydrogen) atoms. The molecule has 0 aromatic heterocycles. The summed E-state index contributed by atoms with van der Waals surface area (Å²) in [5.74, 6) is -1.45. The van der Waals surface area contributed by atoms with E-state index in [-0.39, 0.29) is 17.6 Å². The molecule has 2 atom stereocenters. The normalized spacial score (nSPS) is 23.3. The molecule has 2 unspecified atom stereocenters. The predicted molar refractivity (Wildman–Crippen MR) is 70.0 cm³/mol. The highest BCUT2D eigenvalue weighted by molar-refractivity contribution is 5.73. The Kier molecular flexibility index (Phi) is 4.02. The van der Waals surface area contributed by atoms with E-state index in [2.05, 4.69) is 5.32 Å². The SMILES string of the molecule is CC(=O)NC1CC(C)CN(c2cccc(F)c2F)C1. The maximum absolute atomic E-state index is 13.8. The molecule has 1 aromatic rings. The van der Waals surface area contributed by atoms with Gasteiger partial charge in [0.15, 0.2) is 11.6 Å². The molecule has 5 heteroatoms. The molecular weight excluding hydrogens is 250 g/mol. The number of amides is 1. The van der Waals surface area contributed by atoms with E-state index >= 15 is 0 Å². The second kappa shape index (κ2) is 5.55. The summed E-state index contributed by atoms with van der Waals surface area (Å²) in [5.41, 5.74) is 0.266. The van der Waals surface area contributed by atoms with E-state index in [1.54, 1.807) is 11.0 Å². The summed E-state index contributed by atoms with van der Waals surface area (Å²) < 4.78 is 27.1. The summed E-state index contributed by atoms with van der Waals surface area (Å²) >= 11 is 0. The lowest BCUT2D eigenvalue weighted by atomic mass is 9.95. The van der Waals surface area contributed by atoms with E-state index in [9.17, 15) is 13.6 Å². The van der Waals surface area contributed by atoms with Gasteiger partial charge in [-0.1, -0.05) is 13.0 Å². The minimum Gasteiger partial charge on any atom is -0.367 e. The molecule has 1 fully saturated rings. The third-order valence-corrected chi connectivity index (χ3v) is 3.34. The first-order valence-corrected chi connectivity index (χ1v) is 6.43. The number of hydrogen-bond donors (Lipinski definition) is 1. The van der Waals surface area contributed by atoms with Gasteiger partial charge in [0.2, 0.25) is 5.91 Å². The smallest absolute Gasteiger partial charge is 0.217 e. The Morgan fingerprint density at radius 1 is 1.37 bits per heavy atom. The Labute approximate surface area is 111 Å². The fourth-order valence-electron chi connectivity index (χ4n) is 2.68. The van der Waals surface area contributed by atoms with Crippen LogP contribution in [0.25, 0.3) is 0 Å². The van der Waals surface area contributed by atoms with Gasteiger partial charge in [-0.15, -0.1) is 0 Å². The van der Waals surface area contributed by atoms with Crippen LogP contribution in [0.4, 0.5) is 14.5 Å². The Morgan fingerprint density at radius 2 is 2.11 bits per heavy atom. The zero-order valence-electron chi connectivity index (χ0n) is 11.1. The highest BCUT2D eigenvalue weighted by Crippen LogP contribution is 2.26. The second-order valence-corrected chi connectivity index (χ2v) is 5.22. The number of nitrogens with zero attached hydrogens (tertiary/aromatic N) is 1. The molecule has 0 spiro atoms. The fraction of sp³-hybridized carbons (Fsp3) is 0.500. The van der Waals surface area contributed by atoms with Gasteiger partial charge >= 0.3 is 0 Å². The maximum atomic E-state index is 13.8. The van der Waals surface area contributed by atoms with Crippen LogP contribution < -0.4 is 10.2 Å². The number of carbonyl (C=O) groups excluding carboxylic acids is 1. The van der Waals surface area contributed by atoms with Gasteiger partial charge in [-0.05, 0) is 24.5 Å². The quantitative estimate of drug-likeness (QED) is 0.892. The Hall–Kier alpha value is -1.65. The van der Waals surface area contributed by atoms with Gasteiger partial charge in [-0.3, -0.25) is 4.79 Å². The van der Waals surface area contributed by atoms with E-state index < -0.39 is 11.6 Å². The standard InChI is InChI=1S/C14H18F2N2O/c1-9-6-11(17-10(2)19)8-18(7-9)13-5-3-4-12(15)14(13)16/h3-5,9,11H,6-8H2,1-2H3,(H,17,19). The van der Waals surface area contributed by atoms with Gasteiger partial charge < -0.3 is 10.2 Å². The first-order chi connectivity index (χ1) is 8.97. The lowest BCUT2D eigenvalue weighted by Gasteiger charge is -2.38. The van der Waals surface area contributed by atoms with Crippen molar-refractivity contribution in [3.63, 3.8) is 0 Å². The number of hydrogen-bond acceptors (Lipinski definition) is 2. The minimum absolute atomic E-state index is 0.0242. The van der Waals surface area contributed by atoms with Gasteiger partial charge in [0.1, 0.15) is 0 Å². The van der Waals surface area contributed by atoms with Gasteiger partial charge in [-0.25, -0.2) is 8.78 Å². The topological polar surface area (TPSA) is 32.3 Å². The molecule has 0 aliphatic carbocycles. The highest BCUT2D eigenvalue weighted by atomic mass is 19.2. The molecule has 3 nitrogen and oxygen atoms in total. The van der Waals surface area contributed by atoms with Gasteiger partial charge in [0.25, 0.3) is 0 Å². The summed E-state index contributed by atoms with van der Waals surface area (Å²) in [6, 6.07) is 4.16. The summed E-state index contributed by atoms with van der Waals surface area (Å²) in [5, 5.41) is 2.85. The first-order valence-electron chi connectivity index (χ1n) is 6.43. The van der Waals surface area contributed by atoms with Crippen LogP contribution in [-0.2, 0) is 4.79 Å². The van der Waals surface area contributed by atoms with E-state index in [1.807, 2.05) is 6.92 Å². The molecule has 1 N–H and O–H groups in total. The monoisotopic (exact) mass is 268 g/mol. The molecule has 0 radical (unpaired) electrons. The number of nitrogens with one attached hydrogen (secondary N) is 1. The molecule has 2 rings (SSSR count). The average molecular weight is 268 g/mol. The molecule has 1 saturated heterocycles. The highest BCUT2D eigenvalue weighted by Gasteiger charge is 2.27. The Balaban J connectivity index is 2.19. The minimum atomic E-state index is -0.841. The van der Waals surface area contributed by atoms with Crippen molar-refractivity contribution in [3.05, 3.63) is 29.8 Å². The third-order valence-electron chi connectivity index (χ3n) is 3.34. The predicted octanol–water partition coefficient (Wildman–Crippen LogP) is 2.32. The molecule has 0 saturated carbocycles. The summed E-state index contributed by atoms with van der Waals surface area (Å²) in [7, 11) is 0. The summed E-state index contributed by atoms with van der Waals surface area (Å²) in [4.78, 5) is 12.9. The van der Waals surface area contributed by atoms with Crippen molar-refractivity contribution >= 4 is 11.6 Å². The Bertz CT molecular complexity index is 479. The van der Waals surface area contributed by atoms with Crippen molar-refractivity contribution in [1.29, 1.82) is 0 Å². The molecule has 1 amide bonds. The largest absolute Gasteiger partial charge is 0.367 e. The third kappa shape index (κ3) is 3.22. The van der Waals surface area contributed by atoms with Gasteiger partial charge in [0, 0.05) is 26.1 Å².